The van der Waals surface area contributed by atoms with Gasteiger partial charge < -0.3 is 15.9 Å². The molecular formula is C17H12N4O8S. The standard InChI is InChI=1S/C17H12N4O8S/c18-13-7-15(22)11-6-9(30(27,28)29)2-3-10(11)16(13)20-19-14-4-1-8(21(25)26)5-12(14)17(23)24/h1-7,22H,18H2,(H,23,24)(H,27,28,29). The third-order valence-corrected chi connectivity index (χ3v) is 4.91. The molecule has 30 heavy (non-hydrogen) atoms. The van der Waals surface area contributed by atoms with Gasteiger partial charge in [-0.3, -0.25) is 14.7 Å². The van der Waals surface area contributed by atoms with Crippen molar-refractivity contribution in [1.82, 2.24) is 0 Å². The summed E-state index contributed by atoms with van der Waals surface area (Å²) < 4.78 is 31.8. The molecule has 0 unspecified atom stereocenters. The molecule has 0 heterocycles. The number of benzene rings is 3. The number of anilines is 1. The Balaban J connectivity index is 2.18. The SMILES string of the molecule is Nc1cc(O)c2cc(S(=O)(=O)O)ccc2c1N=Nc1ccc([N+](=O)[O-])cc1C(=O)O. The van der Waals surface area contributed by atoms with E-state index >= 15 is 0 Å². The number of azo groups is 1. The Bertz CT molecular complexity index is 1350. The van der Waals surface area contributed by atoms with Crippen LogP contribution < -0.4 is 5.73 Å². The normalized spacial score (nSPS) is 11.8. The van der Waals surface area contributed by atoms with E-state index in [2.05, 4.69) is 10.2 Å². The van der Waals surface area contributed by atoms with Crippen LogP contribution in [0.3, 0.4) is 0 Å². The number of nitro benzene ring substituents is 1. The molecule has 0 aromatic heterocycles. The lowest BCUT2D eigenvalue weighted by Crippen LogP contribution is -1.98. The smallest absolute Gasteiger partial charge is 0.338 e. The maximum Gasteiger partial charge on any atom is 0.338 e. The number of fused-ring (bicyclic) bond motifs is 1. The quantitative estimate of drug-likeness (QED) is 0.153. The topological polar surface area (TPSA) is 206 Å². The predicted molar refractivity (Wildman–Crippen MR) is 104 cm³/mol. The van der Waals surface area contributed by atoms with E-state index in [9.17, 15) is 38.1 Å². The summed E-state index contributed by atoms with van der Waals surface area (Å²) in [4.78, 5) is 21.0. The van der Waals surface area contributed by atoms with Gasteiger partial charge in [0, 0.05) is 29.0 Å². The van der Waals surface area contributed by atoms with Crippen molar-refractivity contribution in [2.24, 2.45) is 10.2 Å². The Morgan fingerprint density at radius 2 is 1.77 bits per heavy atom. The van der Waals surface area contributed by atoms with Gasteiger partial charge in [-0.05, 0) is 18.2 Å². The van der Waals surface area contributed by atoms with Crippen LogP contribution in [0.2, 0.25) is 0 Å². The highest BCUT2D eigenvalue weighted by atomic mass is 32.2. The number of nitrogens with two attached hydrogens (primary N) is 1. The minimum absolute atomic E-state index is 0.00423. The molecule has 5 N–H and O–H groups in total. The molecule has 0 saturated carbocycles. The van der Waals surface area contributed by atoms with Crippen molar-refractivity contribution in [3.63, 3.8) is 0 Å². The number of rotatable bonds is 5. The van der Waals surface area contributed by atoms with Gasteiger partial charge in [-0.1, -0.05) is 6.07 Å². The first-order valence-corrected chi connectivity index (χ1v) is 9.39. The highest BCUT2D eigenvalue weighted by Gasteiger charge is 2.18. The van der Waals surface area contributed by atoms with Crippen LogP contribution in [0.1, 0.15) is 10.4 Å². The lowest BCUT2D eigenvalue weighted by Gasteiger charge is -2.09. The number of non-ortho nitro benzene ring substituents is 1. The number of hydrogen-bond acceptors (Lipinski definition) is 9. The maximum absolute atomic E-state index is 11.4. The molecule has 0 aliphatic rings. The average Bonchev–Trinajstić information content (AvgIpc) is 2.66. The maximum atomic E-state index is 11.4. The number of aromatic hydroxyl groups is 1. The Kier molecular flexibility index (Phi) is 5.07. The summed E-state index contributed by atoms with van der Waals surface area (Å²) in [6, 6.07) is 7.36. The number of carboxylic acids is 1. The Labute approximate surface area is 167 Å². The number of aromatic carboxylic acids is 1. The van der Waals surface area contributed by atoms with Crippen molar-refractivity contribution in [3.05, 3.63) is 58.1 Å². The molecule has 0 fully saturated rings. The van der Waals surface area contributed by atoms with Crippen LogP contribution in [0.4, 0.5) is 22.7 Å². The highest BCUT2D eigenvalue weighted by Crippen LogP contribution is 2.40. The second kappa shape index (κ2) is 7.38. The van der Waals surface area contributed by atoms with Crippen molar-refractivity contribution in [1.29, 1.82) is 0 Å². The first-order chi connectivity index (χ1) is 14.0. The molecule has 12 nitrogen and oxygen atoms in total. The molecule has 0 aliphatic heterocycles. The zero-order valence-electron chi connectivity index (χ0n) is 14.8. The third kappa shape index (κ3) is 3.87. The van der Waals surface area contributed by atoms with E-state index in [0.717, 1.165) is 36.4 Å². The Hall–Kier alpha value is -4.10. The lowest BCUT2D eigenvalue weighted by molar-refractivity contribution is -0.384. The molecule has 154 valence electrons. The number of carboxylic acid groups (broad SMARTS) is 1. The summed E-state index contributed by atoms with van der Waals surface area (Å²) in [7, 11) is -4.53. The van der Waals surface area contributed by atoms with E-state index in [1.165, 1.54) is 6.07 Å². The van der Waals surface area contributed by atoms with Crippen LogP contribution in [0, 0.1) is 10.1 Å². The van der Waals surface area contributed by atoms with E-state index < -0.39 is 37.2 Å². The molecule has 3 aromatic carbocycles. The van der Waals surface area contributed by atoms with Crippen molar-refractivity contribution in [2.75, 3.05) is 5.73 Å². The summed E-state index contributed by atoms with van der Waals surface area (Å²) in [5.74, 6) is -1.84. The molecular weight excluding hydrogens is 420 g/mol. The molecule has 3 rings (SSSR count). The number of hydrogen-bond donors (Lipinski definition) is 4. The number of carbonyl (C=O) groups is 1. The fourth-order valence-electron chi connectivity index (χ4n) is 2.66. The van der Waals surface area contributed by atoms with Crippen LogP contribution in [0.5, 0.6) is 5.75 Å². The lowest BCUT2D eigenvalue weighted by atomic mass is 10.1. The second-order valence-electron chi connectivity index (χ2n) is 5.98. The van der Waals surface area contributed by atoms with Gasteiger partial charge in [-0.15, -0.1) is 10.2 Å². The molecule has 0 bridgehead atoms. The molecule has 13 heteroatoms. The minimum atomic E-state index is -4.53. The summed E-state index contributed by atoms with van der Waals surface area (Å²) in [6.07, 6.45) is 0. The molecule has 0 radical (unpaired) electrons. The number of phenols is 1. The van der Waals surface area contributed by atoms with E-state index in [1.807, 2.05) is 0 Å². The molecule has 0 amide bonds. The first kappa shape index (κ1) is 20.6. The van der Waals surface area contributed by atoms with Gasteiger partial charge in [0.15, 0.2) is 0 Å². The van der Waals surface area contributed by atoms with Crippen LogP contribution in [0.15, 0.2) is 57.6 Å². The van der Waals surface area contributed by atoms with Gasteiger partial charge in [-0.2, -0.15) is 8.42 Å². The molecule has 0 aliphatic carbocycles. The molecule has 0 saturated heterocycles. The van der Waals surface area contributed by atoms with Gasteiger partial charge in [0.05, 0.1) is 21.1 Å². The summed E-state index contributed by atoms with van der Waals surface area (Å²) in [5, 5.41) is 38.1. The predicted octanol–water partition coefficient (Wildman–Crippen LogP) is 3.40. The summed E-state index contributed by atoms with van der Waals surface area (Å²) >= 11 is 0. The van der Waals surface area contributed by atoms with E-state index in [-0.39, 0.29) is 33.6 Å². The van der Waals surface area contributed by atoms with E-state index in [1.54, 1.807) is 0 Å². The fourth-order valence-corrected chi connectivity index (χ4v) is 3.17. The highest BCUT2D eigenvalue weighted by molar-refractivity contribution is 7.85. The zero-order chi connectivity index (χ0) is 22.2. The summed E-state index contributed by atoms with van der Waals surface area (Å²) in [6.45, 7) is 0. The Morgan fingerprint density at radius 3 is 2.37 bits per heavy atom. The Morgan fingerprint density at radius 1 is 1.07 bits per heavy atom. The van der Waals surface area contributed by atoms with Crippen LogP contribution in [0.25, 0.3) is 10.8 Å². The van der Waals surface area contributed by atoms with Gasteiger partial charge in [-0.25, -0.2) is 4.79 Å². The van der Waals surface area contributed by atoms with Crippen LogP contribution in [-0.2, 0) is 10.1 Å². The van der Waals surface area contributed by atoms with Gasteiger partial charge in [0.2, 0.25) is 0 Å². The van der Waals surface area contributed by atoms with Crippen molar-refractivity contribution in [2.45, 2.75) is 4.90 Å². The van der Waals surface area contributed by atoms with Crippen LogP contribution >= 0.6 is 0 Å². The first-order valence-electron chi connectivity index (χ1n) is 7.95. The zero-order valence-corrected chi connectivity index (χ0v) is 15.6. The van der Waals surface area contributed by atoms with Crippen molar-refractivity contribution < 1.29 is 32.9 Å². The number of nitro groups is 1. The molecule has 3 aromatic rings. The summed E-state index contributed by atoms with van der Waals surface area (Å²) in [5.41, 5.74) is 4.68. The van der Waals surface area contributed by atoms with Crippen LogP contribution in [-0.4, -0.2) is 34.1 Å². The van der Waals surface area contributed by atoms with Gasteiger partial charge in [0.1, 0.15) is 17.1 Å². The number of nitrogens with zero attached hydrogens (tertiary/aromatic N) is 3. The minimum Gasteiger partial charge on any atom is -0.507 e. The molecule has 0 spiro atoms. The second-order valence-corrected chi connectivity index (χ2v) is 7.40. The van der Waals surface area contributed by atoms with Crippen molar-refractivity contribution in [3.8, 4) is 5.75 Å². The largest absolute Gasteiger partial charge is 0.507 e. The van der Waals surface area contributed by atoms with Gasteiger partial charge in [0.25, 0.3) is 15.8 Å². The van der Waals surface area contributed by atoms with E-state index in [0.29, 0.717) is 0 Å². The number of nitrogen functional groups attached to an aromatic ring is 1. The monoisotopic (exact) mass is 432 g/mol. The fraction of sp³-hybridized carbons (Fsp3) is 0. The van der Waals surface area contributed by atoms with E-state index in [4.69, 9.17) is 5.73 Å². The average molecular weight is 432 g/mol. The third-order valence-electron chi connectivity index (χ3n) is 4.06. The van der Waals surface area contributed by atoms with Crippen molar-refractivity contribution >= 4 is 49.6 Å². The molecule has 0 atom stereocenters. The number of phenolic OH excluding ortho intramolecular Hbond substituents is 1. The van der Waals surface area contributed by atoms with Gasteiger partial charge >= 0.3 is 5.97 Å².